The molecule has 16 heavy (non-hydrogen) atoms. The molecule has 0 aliphatic carbocycles. The van der Waals surface area contributed by atoms with Gasteiger partial charge in [-0.3, -0.25) is 4.79 Å². The summed E-state index contributed by atoms with van der Waals surface area (Å²) in [4.78, 5) is 11.3. The van der Waals surface area contributed by atoms with Crippen molar-refractivity contribution in [1.82, 2.24) is 5.32 Å². The fourth-order valence-corrected chi connectivity index (χ4v) is 1.12. The summed E-state index contributed by atoms with van der Waals surface area (Å²) in [5.74, 6) is 0.738. The first-order chi connectivity index (χ1) is 7.26. The molecule has 1 rings (SSSR count). The van der Waals surface area contributed by atoms with Gasteiger partial charge in [0.1, 0.15) is 5.75 Å². The third-order valence-electron chi connectivity index (χ3n) is 1.91. The van der Waals surface area contributed by atoms with Gasteiger partial charge in [-0.05, 0) is 30.8 Å². The van der Waals surface area contributed by atoms with Crippen LogP contribution in [0.1, 0.15) is 6.92 Å². The average Bonchev–Trinajstić information content (AvgIpc) is 2.27. The summed E-state index contributed by atoms with van der Waals surface area (Å²) >= 11 is 0. The van der Waals surface area contributed by atoms with Crippen LogP contribution in [0.2, 0.25) is 0 Å². The first-order valence-corrected chi connectivity index (χ1v) is 4.91. The fourth-order valence-electron chi connectivity index (χ4n) is 1.12. The second-order valence-electron chi connectivity index (χ2n) is 3.06. The van der Waals surface area contributed by atoms with Gasteiger partial charge in [0.2, 0.25) is 5.91 Å². The summed E-state index contributed by atoms with van der Waals surface area (Å²) in [6.45, 7) is 3.08. The monoisotopic (exact) mass is 244 g/mol. The van der Waals surface area contributed by atoms with Crippen molar-refractivity contribution in [3.05, 3.63) is 24.3 Å². The average molecular weight is 245 g/mol. The minimum atomic E-state index is -0.0398. The Balaban J connectivity index is 0.00000225. The van der Waals surface area contributed by atoms with Crippen molar-refractivity contribution >= 4 is 24.0 Å². The maximum Gasteiger partial charge on any atom is 0.238 e. The van der Waals surface area contributed by atoms with E-state index in [1.165, 1.54) is 0 Å². The van der Waals surface area contributed by atoms with E-state index in [-0.39, 0.29) is 18.3 Å². The number of benzene rings is 1. The molecule has 90 valence electrons. The molecule has 0 unspecified atom stereocenters. The molecule has 0 bridgehead atoms. The number of hydrogen-bond acceptors (Lipinski definition) is 3. The van der Waals surface area contributed by atoms with Crippen molar-refractivity contribution in [2.24, 2.45) is 0 Å². The van der Waals surface area contributed by atoms with Crippen LogP contribution in [0.3, 0.4) is 0 Å². The summed E-state index contributed by atoms with van der Waals surface area (Å²) < 4.78 is 5.01. The molecule has 0 aliphatic rings. The highest BCUT2D eigenvalue weighted by molar-refractivity contribution is 5.92. The maximum atomic E-state index is 11.3. The van der Waals surface area contributed by atoms with E-state index in [1.54, 1.807) is 7.11 Å². The number of carbonyl (C=O) groups is 1. The molecule has 0 aromatic heterocycles. The molecule has 1 amide bonds. The summed E-state index contributed by atoms with van der Waals surface area (Å²) in [6.07, 6.45) is 0. The number of nitrogens with one attached hydrogen (secondary N) is 2. The van der Waals surface area contributed by atoms with Gasteiger partial charge in [-0.2, -0.15) is 0 Å². The van der Waals surface area contributed by atoms with Crippen LogP contribution in [-0.2, 0) is 4.79 Å². The van der Waals surface area contributed by atoms with Gasteiger partial charge in [0, 0.05) is 5.69 Å². The van der Waals surface area contributed by atoms with E-state index >= 15 is 0 Å². The van der Waals surface area contributed by atoms with Gasteiger partial charge in [-0.15, -0.1) is 12.4 Å². The number of hydrogen-bond donors (Lipinski definition) is 2. The summed E-state index contributed by atoms with van der Waals surface area (Å²) in [7, 11) is 1.61. The lowest BCUT2D eigenvalue weighted by Gasteiger charge is -2.06. The van der Waals surface area contributed by atoms with Crippen molar-refractivity contribution in [2.75, 3.05) is 25.5 Å². The van der Waals surface area contributed by atoms with Crippen LogP contribution in [-0.4, -0.2) is 26.1 Å². The Morgan fingerprint density at radius 3 is 2.44 bits per heavy atom. The topological polar surface area (TPSA) is 50.4 Å². The van der Waals surface area contributed by atoms with Crippen LogP contribution >= 0.6 is 12.4 Å². The lowest BCUT2D eigenvalue weighted by atomic mass is 10.3. The summed E-state index contributed by atoms with van der Waals surface area (Å²) in [5.41, 5.74) is 0.777. The van der Waals surface area contributed by atoms with Crippen molar-refractivity contribution in [3.63, 3.8) is 0 Å². The molecule has 0 saturated carbocycles. The second kappa shape index (κ2) is 7.96. The van der Waals surface area contributed by atoms with Gasteiger partial charge in [0.15, 0.2) is 0 Å². The molecule has 0 radical (unpaired) electrons. The Kier molecular flexibility index (Phi) is 7.33. The van der Waals surface area contributed by atoms with E-state index in [2.05, 4.69) is 10.6 Å². The fraction of sp³-hybridized carbons (Fsp3) is 0.364. The third-order valence-corrected chi connectivity index (χ3v) is 1.91. The van der Waals surface area contributed by atoms with Crippen molar-refractivity contribution in [3.8, 4) is 5.75 Å². The zero-order valence-electron chi connectivity index (χ0n) is 9.45. The molecule has 0 saturated heterocycles. The number of ether oxygens (including phenoxy) is 1. The standard InChI is InChI=1S/C11H16N2O2.ClH/c1-3-12-8-11(14)13-9-4-6-10(15-2)7-5-9;/h4-7,12H,3,8H2,1-2H3,(H,13,14);1H. The SMILES string of the molecule is CCNCC(=O)Nc1ccc(OC)cc1.Cl. The Bertz CT molecular complexity index is 314. The Morgan fingerprint density at radius 1 is 1.31 bits per heavy atom. The van der Waals surface area contributed by atoms with Crippen LogP contribution in [0.5, 0.6) is 5.75 Å². The number of anilines is 1. The number of carbonyl (C=O) groups excluding carboxylic acids is 1. The lowest BCUT2D eigenvalue weighted by molar-refractivity contribution is -0.115. The molecule has 1 aromatic carbocycles. The number of halogens is 1. The molecule has 0 spiro atoms. The first-order valence-electron chi connectivity index (χ1n) is 4.91. The van der Waals surface area contributed by atoms with Crippen LogP contribution in [0.15, 0.2) is 24.3 Å². The van der Waals surface area contributed by atoms with E-state index in [9.17, 15) is 4.79 Å². The quantitative estimate of drug-likeness (QED) is 0.829. The highest BCUT2D eigenvalue weighted by Crippen LogP contribution is 2.14. The zero-order valence-corrected chi connectivity index (χ0v) is 10.3. The molecule has 4 nitrogen and oxygen atoms in total. The predicted octanol–water partition coefficient (Wildman–Crippen LogP) is 1.66. The molecule has 5 heteroatoms. The predicted molar refractivity (Wildman–Crippen MR) is 67.4 cm³/mol. The maximum absolute atomic E-state index is 11.3. The van der Waals surface area contributed by atoms with Gasteiger partial charge in [-0.1, -0.05) is 6.92 Å². The molecule has 0 fully saturated rings. The lowest BCUT2D eigenvalue weighted by Crippen LogP contribution is -2.27. The third kappa shape index (κ3) is 5.00. The van der Waals surface area contributed by atoms with Crippen molar-refractivity contribution in [1.29, 1.82) is 0 Å². The van der Waals surface area contributed by atoms with E-state index in [4.69, 9.17) is 4.74 Å². The number of likely N-dealkylation sites (N-methyl/N-ethyl adjacent to an activating group) is 1. The zero-order chi connectivity index (χ0) is 11.1. The summed E-state index contributed by atoms with van der Waals surface area (Å²) in [6, 6.07) is 7.23. The van der Waals surface area contributed by atoms with Gasteiger partial charge in [-0.25, -0.2) is 0 Å². The van der Waals surface area contributed by atoms with E-state index < -0.39 is 0 Å². The Labute approximate surface area is 102 Å². The van der Waals surface area contributed by atoms with Crippen LogP contribution < -0.4 is 15.4 Å². The number of methoxy groups -OCH3 is 1. The number of amides is 1. The summed E-state index contributed by atoms with van der Waals surface area (Å²) in [5, 5.41) is 5.73. The molecule has 0 heterocycles. The Morgan fingerprint density at radius 2 is 1.94 bits per heavy atom. The molecule has 0 atom stereocenters. The highest BCUT2D eigenvalue weighted by Gasteiger charge is 2.00. The minimum Gasteiger partial charge on any atom is -0.497 e. The largest absolute Gasteiger partial charge is 0.497 e. The van der Waals surface area contributed by atoms with Crippen molar-refractivity contribution < 1.29 is 9.53 Å². The van der Waals surface area contributed by atoms with E-state index in [0.717, 1.165) is 18.0 Å². The van der Waals surface area contributed by atoms with E-state index in [0.29, 0.717) is 6.54 Å². The normalized spacial score (nSPS) is 9.12. The Hall–Kier alpha value is -1.26. The smallest absolute Gasteiger partial charge is 0.238 e. The molecule has 0 aliphatic heterocycles. The number of rotatable bonds is 5. The highest BCUT2D eigenvalue weighted by atomic mass is 35.5. The first kappa shape index (κ1) is 14.7. The minimum absolute atomic E-state index is 0. The van der Waals surface area contributed by atoms with E-state index in [1.807, 2.05) is 31.2 Å². The van der Waals surface area contributed by atoms with Gasteiger partial charge in [0.05, 0.1) is 13.7 Å². The molecular formula is C11H17ClN2O2. The molecule has 2 N–H and O–H groups in total. The molecule has 1 aromatic rings. The van der Waals surface area contributed by atoms with Crippen molar-refractivity contribution in [2.45, 2.75) is 6.92 Å². The molecular weight excluding hydrogens is 228 g/mol. The van der Waals surface area contributed by atoms with Crippen LogP contribution in [0, 0.1) is 0 Å². The van der Waals surface area contributed by atoms with Gasteiger partial charge < -0.3 is 15.4 Å². The van der Waals surface area contributed by atoms with Crippen LogP contribution in [0.25, 0.3) is 0 Å². The second-order valence-corrected chi connectivity index (χ2v) is 3.06. The van der Waals surface area contributed by atoms with Crippen LogP contribution in [0.4, 0.5) is 5.69 Å². The van der Waals surface area contributed by atoms with Gasteiger partial charge >= 0.3 is 0 Å². The van der Waals surface area contributed by atoms with Gasteiger partial charge in [0.25, 0.3) is 0 Å².